The maximum Gasteiger partial charge on any atom is 0.251 e. The van der Waals surface area contributed by atoms with Crippen molar-refractivity contribution in [1.29, 1.82) is 0 Å². The van der Waals surface area contributed by atoms with Crippen LogP contribution in [0.3, 0.4) is 0 Å². The number of hydrogen-bond acceptors (Lipinski definition) is 4. The van der Waals surface area contributed by atoms with E-state index < -0.39 is 0 Å². The van der Waals surface area contributed by atoms with Gasteiger partial charge in [0.25, 0.3) is 5.91 Å². The number of amides is 2. The Balaban J connectivity index is 1.37. The monoisotopic (exact) mass is 437 g/mol. The molecule has 6 heteroatoms. The number of ether oxygens (including phenoxy) is 1. The van der Waals surface area contributed by atoms with Gasteiger partial charge in [-0.2, -0.15) is 0 Å². The van der Waals surface area contributed by atoms with E-state index in [4.69, 9.17) is 4.74 Å². The number of carbonyl (C=O) groups excluding carboxylic acids is 2. The minimum absolute atomic E-state index is 0.143. The molecule has 0 aliphatic carbocycles. The molecule has 4 rings (SSSR count). The van der Waals surface area contributed by atoms with Gasteiger partial charge in [-0.3, -0.25) is 9.59 Å². The summed E-state index contributed by atoms with van der Waals surface area (Å²) in [4.78, 5) is 28.6. The molecule has 0 saturated carbocycles. The molecule has 0 fully saturated rings. The molecule has 0 aliphatic heterocycles. The van der Waals surface area contributed by atoms with Crippen LogP contribution in [0.25, 0.3) is 0 Å². The second-order valence-electron chi connectivity index (χ2n) is 7.30. The topological polar surface area (TPSA) is 80.3 Å². The lowest BCUT2D eigenvalue weighted by Gasteiger charge is -2.19. The third kappa shape index (κ3) is 6.04. The first-order valence-corrected chi connectivity index (χ1v) is 10.5. The van der Waals surface area contributed by atoms with Gasteiger partial charge in [-0.05, 0) is 29.3 Å². The van der Waals surface area contributed by atoms with E-state index in [0.717, 1.165) is 11.1 Å². The highest BCUT2D eigenvalue weighted by Gasteiger charge is 2.16. The van der Waals surface area contributed by atoms with E-state index in [-0.39, 0.29) is 24.5 Å². The van der Waals surface area contributed by atoms with Gasteiger partial charge < -0.3 is 15.4 Å². The number of carbonyl (C=O) groups is 2. The fraction of sp³-hybridized carbons (Fsp3) is 0.0741. The van der Waals surface area contributed by atoms with Crippen molar-refractivity contribution in [2.45, 2.75) is 6.10 Å². The van der Waals surface area contributed by atoms with Gasteiger partial charge >= 0.3 is 0 Å². The van der Waals surface area contributed by atoms with Crippen LogP contribution in [0.4, 0.5) is 5.69 Å². The molecule has 0 spiro atoms. The van der Waals surface area contributed by atoms with Crippen molar-refractivity contribution in [2.24, 2.45) is 0 Å². The molecular formula is C27H23N3O3. The van der Waals surface area contributed by atoms with Crippen molar-refractivity contribution in [3.63, 3.8) is 0 Å². The van der Waals surface area contributed by atoms with E-state index in [1.807, 2.05) is 66.7 Å². The van der Waals surface area contributed by atoms with Crippen molar-refractivity contribution >= 4 is 17.5 Å². The summed E-state index contributed by atoms with van der Waals surface area (Å²) in [5, 5.41) is 5.32. The van der Waals surface area contributed by atoms with Crippen molar-refractivity contribution in [3.8, 4) is 5.88 Å². The van der Waals surface area contributed by atoms with E-state index in [1.54, 1.807) is 36.4 Å². The summed E-state index contributed by atoms with van der Waals surface area (Å²) >= 11 is 0. The number of hydrogen-bond donors (Lipinski definition) is 2. The highest BCUT2D eigenvalue weighted by atomic mass is 16.5. The number of nitrogens with zero attached hydrogens (tertiary/aromatic N) is 1. The Morgan fingerprint density at radius 3 is 1.88 bits per heavy atom. The third-order valence-corrected chi connectivity index (χ3v) is 4.91. The minimum atomic E-state index is -0.346. The number of aromatic nitrogens is 1. The van der Waals surface area contributed by atoms with E-state index in [0.29, 0.717) is 17.1 Å². The van der Waals surface area contributed by atoms with Crippen LogP contribution >= 0.6 is 0 Å². The molecule has 4 aromatic rings. The molecule has 0 aliphatic rings. The van der Waals surface area contributed by atoms with Crippen molar-refractivity contribution in [3.05, 3.63) is 126 Å². The molecule has 1 aromatic heterocycles. The minimum Gasteiger partial charge on any atom is -0.465 e. The molecule has 164 valence electrons. The molecule has 0 bridgehead atoms. The second-order valence-corrected chi connectivity index (χ2v) is 7.30. The van der Waals surface area contributed by atoms with Crippen LogP contribution in [-0.2, 0) is 4.79 Å². The number of pyridine rings is 1. The van der Waals surface area contributed by atoms with Gasteiger partial charge in [0.1, 0.15) is 0 Å². The Hall–Kier alpha value is -4.45. The van der Waals surface area contributed by atoms with Crippen LogP contribution in [0.2, 0.25) is 0 Å². The highest BCUT2D eigenvalue weighted by molar-refractivity contribution is 5.99. The average Bonchev–Trinajstić information content (AvgIpc) is 2.88. The van der Waals surface area contributed by atoms with Crippen LogP contribution in [-0.4, -0.2) is 23.3 Å². The standard InChI is InChI=1S/C27H23N3O3/c31-24(19-29-27(32)22-14-8-3-9-15-22)30-23-16-17-25(28-18-23)33-26(20-10-4-1-5-11-20)21-12-6-2-7-13-21/h1-18,26H,19H2,(H,29,32)(H,30,31). The summed E-state index contributed by atoms with van der Waals surface area (Å²) in [5.41, 5.74) is 3.03. The van der Waals surface area contributed by atoms with Gasteiger partial charge in [0.2, 0.25) is 11.8 Å². The average molecular weight is 437 g/mol. The van der Waals surface area contributed by atoms with Crippen LogP contribution in [0.5, 0.6) is 5.88 Å². The maximum atomic E-state index is 12.2. The SMILES string of the molecule is O=C(CNC(=O)c1ccccc1)Nc1ccc(OC(c2ccccc2)c2ccccc2)nc1. The Kier molecular flexibility index (Phi) is 7.08. The molecule has 33 heavy (non-hydrogen) atoms. The molecule has 0 radical (unpaired) electrons. The number of benzene rings is 3. The summed E-state index contributed by atoms with van der Waals surface area (Å²) in [5.74, 6) is -0.218. The van der Waals surface area contributed by atoms with Crippen molar-refractivity contribution < 1.29 is 14.3 Å². The van der Waals surface area contributed by atoms with E-state index in [9.17, 15) is 9.59 Å². The fourth-order valence-corrected chi connectivity index (χ4v) is 3.29. The lowest BCUT2D eigenvalue weighted by Crippen LogP contribution is -2.32. The van der Waals surface area contributed by atoms with E-state index in [2.05, 4.69) is 15.6 Å². The van der Waals surface area contributed by atoms with Crippen LogP contribution in [0.1, 0.15) is 27.6 Å². The molecule has 6 nitrogen and oxygen atoms in total. The molecule has 3 aromatic carbocycles. The predicted octanol–water partition coefficient (Wildman–Crippen LogP) is 4.62. The van der Waals surface area contributed by atoms with E-state index in [1.165, 1.54) is 6.20 Å². The molecule has 0 saturated heterocycles. The number of anilines is 1. The summed E-state index contributed by atoms with van der Waals surface area (Å²) in [6, 6.07) is 32.0. The Morgan fingerprint density at radius 2 is 1.33 bits per heavy atom. The normalized spacial score (nSPS) is 10.5. The molecule has 0 unspecified atom stereocenters. The van der Waals surface area contributed by atoms with Gasteiger partial charge in [-0.25, -0.2) is 4.98 Å². The zero-order valence-electron chi connectivity index (χ0n) is 17.8. The van der Waals surface area contributed by atoms with Crippen LogP contribution in [0.15, 0.2) is 109 Å². The smallest absolute Gasteiger partial charge is 0.251 e. The first-order valence-electron chi connectivity index (χ1n) is 10.5. The lowest BCUT2D eigenvalue weighted by atomic mass is 10.0. The van der Waals surface area contributed by atoms with Crippen molar-refractivity contribution in [1.82, 2.24) is 10.3 Å². The molecule has 2 amide bonds. The summed E-state index contributed by atoms with van der Waals surface area (Å²) in [6.45, 7) is -0.143. The second kappa shape index (κ2) is 10.7. The molecule has 1 heterocycles. The quantitative estimate of drug-likeness (QED) is 0.422. The van der Waals surface area contributed by atoms with Gasteiger partial charge in [0, 0.05) is 11.6 Å². The number of nitrogens with one attached hydrogen (secondary N) is 2. The van der Waals surface area contributed by atoms with E-state index >= 15 is 0 Å². The van der Waals surface area contributed by atoms with Crippen LogP contribution in [0, 0.1) is 0 Å². The molecular weight excluding hydrogens is 414 g/mol. The van der Waals surface area contributed by atoms with Crippen LogP contribution < -0.4 is 15.4 Å². The van der Waals surface area contributed by atoms with Gasteiger partial charge in [-0.1, -0.05) is 78.9 Å². The zero-order chi connectivity index (χ0) is 22.9. The number of rotatable bonds is 8. The lowest BCUT2D eigenvalue weighted by molar-refractivity contribution is -0.115. The Labute approximate surface area is 192 Å². The largest absolute Gasteiger partial charge is 0.465 e. The van der Waals surface area contributed by atoms with Gasteiger partial charge in [-0.15, -0.1) is 0 Å². The van der Waals surface area contributed by atoms with Gasteiger partial charge in [0.15, 0.2) is 6.10 Å². The summed E-state index contributed by atoms with van der Waals surface area (Å²) in [6.07, 6.45) is 1.22. The Bertz CT molecular complexity index is 1140. The highest BCUT2D eigenvalue weighted by Crippen LogP contribution is 2.27. The first-order chi connectivity index (χ1) is 16.2. The first kappa shape index (κ1) is 21.8. The summed E-state index contributed by atoms with van der Waals surface area (Å²) < 4.78 is 6.19. The third-order valence-electron chi connectivity index (χ3n) is 4.91. The molecule has 0 atom stereocenters. The van der Waals surface area contributed by atoms with Gasteiger partial charge in [0.05, 0.1) is 18.4 Å². The predicted molar refractivity (Wildman–Crippen MR) is 127 cm³/mol. The molecule has 2 N–H and O–H groups in total. The zero-order valence-corrected chi connectivity index (χ0v) is 17.8. The maximum absolute atomic E-state index is 12.2. The summed E-state index contributed by atoms with van der Waals surface area (Å²) in [7, 11) is 0. The Morgan fingerprint density at radius 1 is 0.758 bits per heavy atom. The fourth-order valence-electron chi connectivity index (χ4n) is 3.29. The van der Waals surface area contributed by atoms with Crippen molar-refractivity contribution in [2.75, 3.05) is 11.9 Å².